The van der Waals surface area contributed by atoms with Gasteiger partial charge in [-0.05, 0) is 40.7 Å². The van der Waals surface area contributed by atoms with Gasteiger partial charge in [0.15, 0.2) is 0 Å². The van der Waals surface area contributed by atoms with Crippen molar-refractivity contribution in [3.8, 4) is 5.75 Å². The summed E-state index contributed by atoms with van der Waals surface area (Å²) in [5.74, 6) is 0.769. The molecular formula is C13H20BNO3. The van der Waals surface area contributed by atoms with Crippen molar-refractivity contribution < 1.29 is 14.0 Å². The van der Waals surface area contributed by atoms with Crippen molar-refractivity contribution in [2.75, 3.05) is 6.61 Å². The van der Waals surface area contributed by atoms with Gasteiger partial charge in [-0.2, -0.15) is 0 Å². The molecule has 1 saturated heterocycles. The van der Waals surface area contributed by atoms with Crippen LogP contribution in [0.15, 0.2) is 18.5 Å². The molecule has 2 rings (SSSR count). The first-order valence-corrected chi connectivity index (χ1v) is 6.30. The van der Waals surface area contributed by atoms with Crippen LogP contribution in [0.4, 0.5) is 0 Å². The molecule has 0 aromatic carbocycles. The fourth-order valence-corrected chi connectivity index (χ4v) is 1.83. The predicted molar refractivity (Wildman–Crippen MR) is 71.1 cm³/mol. The molecule has 0 spiro atoms. The van der Waals surface area contributed by atoms with Gasteiger partial charge in [0.05, 0.1) is 17.8 Å². The van der Waals surface area contributed by atoms with Crippen molar-refractivity contribution in [1.82, 2.24) is 4.98 Å². The van der Waals surface area contributed by atoms with E-state index in [1.165, 1.54) is 0 Å². The Bertz CT molecular complexity index is 418. The van der Waals surface area contributed by atoms with Gasteiger partial charge in [0.25, 0.3) is 0 Å². The van der Waals surface area contributed by atoms with Gasteiger partial charge in [0.1, 0.15) is 5.75 Å². The fraction of sp³-hybridized carbons (Fsp3) is 0.615. The molecule has 1 aromatic rings. The number of hydrogen-bond donors (Lipinski definition) is 0. The Morgan fingerprint density at radius 2 is 1.83 bits per heavy atom. The third-order valence-electron chi connectivity index (χ3n) is 3.62. The summed E-state index contributed by atoms with van der Waals surface area (Å²) in [7, 11) is -0.426. The third kappa shape index (κ3) is 2.25. The van der Waals surface area contributed by atoms with E-state index < -0.39 is 7.12 Å². The van der Waals surface area contributed by atoms with Gasteiger partial charge in [-0.25, -0.2) is 0 Å². The first-order chi connectivity index (χ1) is 8.37. The van der Waals surface area contributed by atoms with Gasteiger partial charge < -0.3 is 14.0 Å². The Hall–Kier alpha value is -1.07. The van der Waals surface area contributed by atoms with Crippen molar-refractivity contribution >= 4 is 12.6 Å². The summed E-state index contributed by atoms with van der Waals surface area (Å²) in [6, 6.07) is 1.84. The fourth-order valence-electron chi connectivity index (χ4n) is 1.83. The number of aromatic nitrogens is 1. The van der Waals surface area contributed by atoms with Crippen LogP contribution in [-0.4, -0.2) is 29.9 Å². The van der Waals surface area contributed by atoms with Gasteiger partial charge in [0.2, 0.25) is 0 Å². The van der Waals surface area contributed by atoms with Crippen LogP contribution in [0.3, 0.4) is 0 Å². The average molecular weight is 249 g/mol. The molecule has 18 heavy (non-hydrogen) atoms. The molecule has 2 heterocycles. The SMILES string of the molecule is CCOc1ccncc1B1OC(C)(C)C(C)(C)O1. The molecule has 0 saturated carbocycles. The Kier molecular flexibility index (Phi) is 3.38. The van der Waals surface area contributed by atoms with Crippen LogP contribution in [0.25, 0.3) is 0 Å². The number of nitrogens with zero attached hydrogens (tertiary/aromatic N) is 1. The zero-order valence-electron chi connectivity index (χ0n) is 11.7. The maximum atomic E-state index is 5.99. The van der Waals surface area contributed by atoms with E-state index in [0.717, 1.165) is 11.2 Å². The second-order valence-corrected chi connectivity index (χ2v) is 5.43. The van der Waals surface area contributed by atoms with Crippen LogP contribution in [0.5, 0.6) is 5.75 Å². The highest BCUT2D eigenvalue weighted by atomic mass is 16.7. The molecule has 0 amide bonds. The minimum atomic E-state index is -0.426. The first-order valence-electron chi connectivity index (χ1n) is 6.30. The van der Waals surface area contributed by atoms with Crippen LogP contribution in [-0.2, 0) is 9.31 Å². The van der Waals surface area contributed by atoms with Gasteiger partial charge in [-0.1, -0.05) is 0 Å². The monoisotopic (exact) mass is 249 g/mol. The van der Waals surface area contributed by atoms with Crippen molar-refractivity contribution in [3.05, 3.63) is 18.5 Å². The molecule has 0 bridgehead atoms. The van der Waals surface area contributed by atoms with Gasteiger partial charge in [0, 0.05) is 17.9 Å². The van der Waals surface area contributed by atoms with E-state index >= 15 is 0 Å². The third-order valence-corrected chi connectivity index (χ3v) is 3.62. The zero-order valence-corrected chi connectivity index (χ0v) is 11.7. The summed E-state index contributed by atoms with van der Waals surface area (Å²) < 4.78 is 17.6. The lowest BCUT2D eigenvalue weighted by atomic mass is 9.79. The summed E-state index contributed by atoms with van der Waals surface area (Å²) in [6.07, 6.45) is 3.45. The Balaban J connectivity index is 2.29. The molecule has 98 valence electrons. The second-order valence-electron chi connectivity index (χ2n) is 5.43. The quantitative estimate of drug-likeness (QED) is 0.765. The van der Waals surface area contributed by atoms with E-state index in [0.29, 0.717) is 6.61 Å². The molecule has 5 heteroatoms. The van der Waals surface area contributed by atoms with Crippen LogP contribution < -0.4 is 10.2 Å². The summed E-state index contributed by atoms with van der Waals surface area (Å²) >= 11 is 0. The highest BCUT2D eigenvalue weighted by Gasteiger charge is 2.52. The molecule has 0 unspecified atom stereocenters. The molecule has 0 aliphatic carbocycles. The maximum Gasteiger partial charge on any atom is 0.500 e. The average Bonchev–Trinajstić information content (AvgIpc) is 2.49. The maximum absolute atomic E-state index is 5.99. The Labute approximate surface area is 109 Å². The Morgan fingerprint density at radius 1 is 1.22 bits per heavy atom. The van der Waals surface area contributed by atoms with Crippen LogP contribution in [0.1, 0.15) is 34.6 Å². The zero-order chi connectivity index (χ0) is 13.4. The van der Waals surface area contributed by atoms with Crippen molar-refractivity contribution in [1.29, 1.82) is 0 Å². The molecule has 0 radical (unpaired) electrons. The normalized spacial score (nSPS) is 21.1. The van der Waals surface area contributed by atoms with Crippen molar-refractivity contribution in [2.45, 2.75) is 45.8 Å². The second kappa shape index (κ2) is 4.55. The highest BCUT2D eigenvalue weighted by Crippen LogP contribution is 2.37. The summed E-state index contributed by atoms with van der Waals surface area (Å²) in [5.41, 5.74) is 0.145. The Morgan fingerprint density at radius 3 is 2.39 bits per heavy atom. The van der Waals surface area contributed by atoms with Crippen molar-refractivity contribution in [2.24, 2.45) is 0 Å². The molecule has 1 aromatic heterocycles. The summed E-state index contributed by atoms with van der Waals surface area (Å²) in [6.45, 7) is 10.7. The van der Waals surface area contributed by atoms with Crippen LogP contribution in [0.2, 0.25) is 0 Å². The number of hydrogen-bond acceptors (Lipinski definition) is 4. The summed E-state index contributed by atoms with van der Waals surface area (Å²) in [5, 5.41) is 0. The number of pyridine rings is 1. The molecule has 4 nitrogen and oxygen atoms in total. The summed E-state index contributed by atoms with van der Waals surface area (Å²) in [4.78, 5) is 4.13. The predicted octanol–water partition coefficient (Wildman–Crippen LogP) is 1.78. The highest BCUT2D eigenvalue weighted by molar-refractivity contribution is 6.63. The van der Waals surface area contributed by atoms with E-state index in [-0.39, 0.29) is 11.2 Å². The van der Waals surface area contributed by atoms with Crippen LogP contribution >= 0.6 is 0 Å². The molecule has 0 N–H and O–H groups in total. The number of rotatable bonds is 3. The minimum Gasteiger partial charge on any atom is -0.494 e. The molecule has 1 fully saturated rings. The minimum absolute atomic E-state index is 0.350. The standard InChI is InChI=1S/C13H20BNO3/c1-6-16-11-7-8-15-9-10(11)14-17-12(2,3)13(4,5)18-14/h7-9H,6H2,1-5H3. The topological polar surface area (TPSA) is 40.6 Å². The smallest absolute Gasteiger partial charge is 0.494 e. The van der Waals surface area contributed by atoms with Gasteiger partial charge in [-0.15, -0.1) is 0 Å². The first kappa shape index (κ1) is 13.4. The molecular weight excluding hydrogens is 229 g/mol. The lowest BCUT2D eigenvalue weighted by Crippen LogP contribution is -2.41. The van der Waals surface area contributed by atoms with E-state index in [1.54, 1.807) is 12.4 Å². The molecule has 1 aliphatic heterocycles. The lowest BCUT2D eigenvalue weighted by Gasteiger charge is -2.32. The van der Waals surface area contributed by atoms with E-state index in [2.05, 4.69) is 4.98 Å². The van der Waals surface area contributed by atoms with E-state index in [1.807, 2.05) is 40.7 Å². The largest absolute Gasteiger partial charge is 0.500 e. The lowest BCUT2D eigenvalue weighted by molar-refractivity contribution is 0.00578. The molecule has 0 atom stereocenters. The van der Waals surface area contributed by atoms with Crippen molar-refractivity contribution in [3.63, 3.8) is 0 Å². The van der Waals surface area contributed by atoms with Gasteiger partial charge >= 0.3 is 7.12 Å². The molecule has 1 aliphatic rings. The van der Waals surface area contributed by atoms with Gasteiger partial charge in [-0.3, -0.25) is 4.98 Å². The van der Waals surface area contributed by atoms with E-state index in [4.69, 9.17) is 14.0 Å². The number of ether oxygens (including phenoxy) is 1. The van der Waals surface area contributed by atoms with Crippen LogP contribution in [0, 0.1) is 0 Å². The van der Waals surface area contributed by atoms with E-state index in [9.17, 15) is 0 Å².